The van der Waals surface area contributed by atoms with Crippen molar-refractivity contribution in [2.75, 3.05) is 19.8 Å². The highest BCUT2D eigenvalue weighted by molar-refractivity contribution is 6.30. The lowest BCUT2D eigenvalue weighted by atomic mass is 10.2. The molecule has 0 aromatic heterocycles. The Morgan fingerprint density at radius 2 is 2.31 bits per heavy atom. The van der Waals surface area contributed by atoms with Crippen molar-refractivity contribution >= 4 is 17.5 Å². The minimum atomic E-state index is -2.83. The predicted molar refractivity (Wildman–Crippen MR) is 56.9 cm³/mol. The maximum atomic E-state index is 13.2. The van der Waals surface area contributed by atoms with Gasteiger partial charge in [0, 0.05) is 13.0 Å². The quantitative estimate of drug-likeness (QED) is 0.718. The number of alkyl halides is 3. The van der Waals surface area contributed by atoms with Gasteiger partial charge in [-0.2, -0.15) is 0 Å². The SMILES string of the molecule is CCOC[C@H]1CC(F)(F)CN1C(=O)[C@H](C)Cl. The van der Waals surface area contributed by atoms with E-state index in [0.29, 0.717) is 6.61 Å². The number of nitrogens with zero attached hydrogens (tertiary/aromatic N) is 1. The van der Waals surface area contributed by atoms with Gasteiger partial charge in [0.15, 0.2) is 0 Å². The van der Waals surface area contributed by atoms with E-state index in [1.165, 1.54) is 6.92 Å². The number of ether oxygens (including phenoxy) is 1. The van der Waals surface area contributed by atoms with Gasteiger partial charge in [-0.1, -0.05) is 0 Å². The number of rotatable bonds is 4. The minimum absolute atomic E-state index is 0.140. The van der Waals surface area contributed by atoms with Crippen LogP contribution in [0.25, 0.3) is 0 Å². The Hall–Kier alpha value is -0.420. The van der Waals surface area contributed by atoms with Gasteiger partial charge >= 0.3 is 0 Å². The summed E-state index contributed by atoms with van der Waals surface area (Å²) in [6.07, 6.45) is -0.345. The molecule has 94 valence electrons. The van der Waals surface area contributed by atoms with Crippen molar-refractivity contribution in [3.05, 3.63) is 0 Å². The third-order valence-electron chi connectivity index (χ3n) is 2.51. The van der Waals surface area contributed by atoms with Gasteiger partial charge < -0.3 is 9.64 Å². The molecule has 1 heterocycles. The van der Waals surface area contributed by atoms with Crippen LogP contribution in [0.1, 0.15) is 20.3 Å². The largest absolute Gasteiger partial charge is 0.380 e. The molecule has 0 bridgehead atoms. The van der Waals surface area contributed by atoms with E-state index in [9.17, 15) is 13.6 Å². The van der Waals surface area contributed by atoms with Crippen molar-refractivity contribution in [3.63, 3.8) is 0 Å². The number of hydrogen-bond acceptors (Lipinski definition) is 2. The van der Waals surface area contributed by atoms with Crippen molar-refractivity contribution in [2.24, 2.45) is 0 Å². The number of hydrogen-bond donors (Lipinski definition) is 0. The Morgan fingerprint density at radius 1 is 1.69 bits per heavy atom. The zero-order chi connectivity index (χ0) is 12.3. The molecule has 3 nitrogen and oxygen atoms in total. The first-order valence-electron chi connectivity index (χ1n) is 5.27. The number of halogens is 3. The first-order valence-corrected chi connectivity index (χ1v) is 5.71. The van der Waals surface area contributed by atoms with Gasteiger partial charge in [-0.25, -0.2) is 8.78 Å². The molecular formula is C10H16ClF2NO2. The maximum absolute atomic E-state index is 13.2. The van der Waals surface area contributed by atoms with E-state index in [1.807, 2.05) is 0 Å². The van der Waals surface area contributed by atoms with E-state index in [1.54, 1.807) is 6.92 Å². The molecule has 0 aliphatic carbocycles. The van der Waals surface area contributed by atoms with E-state index >= 15 is 0 Å². The summed E-state index contributed by atoms with van der Waals surface area (Å²) < 4.78 is 31.5. The fraction of sp³-hybridized carbons (Fsp3) is 0.900. The van der Waals surface area contributed by atoms with E-state index in [4.69, 9.17) is 16.3 Å². The highest BCUT2D eigenvalue weighted by atomic mass is 35.5. The van der Waals surface area contributed by atoms with Gasteiger partial charge in [0.2, 0.25) is 5.91 Å². The Morgan fingerprint density at radius 3 is 2.81 bits per heavy atom. The molecule has 1 aliphatic heterocycles. The zero-order valence-corrected chi connectivity index (χ0v) is 10.1. The Balaban J connectivity index is 2.68. The summed E-state index contributed by atoms with van der Waals surface area (Å²) in [5.74, 6) is -3.29. The molecule has 1 amide bonds. The molecule has 2 atom stereocenters. The van der Waals surface area contributed by atoms with Crippen LogP contribution in [0, 0.1) is 0 Å². The molecule has 0 unspecified atom stereocenters. The molecule has 1 fully saturated rings. The average Bonchev–Trinajstić information content (AvgIpc) is 2.49. The normalized spacial score (nSPS) is 25.8. The molecule has 6 heteroatoms. The van der Waals surface area contributed by atoms with Crippen molar-refractivity contribution in [1.82, 2.24) is 4.90 Å². The predicted octanol–water partition coefficient (Wildman–Crippen LogP) is 1.89. The lowest BCUT2D eigenvalue weighted by Crippen LogP contribution is -2.42. The van der Waals surface area contributed by atoms with E-state index in [-0.39, 0.29) is 13.0 Å². The van der Waals surface area contributed by atoms with E-state index in [2.05, 4.69) is 0 Å². The van der Waals surface area contributed by atoms with Crippen molar-refractivity contribution in [1.29, 1.82) is 0 Å². The first kappa shape index (κ1) is 13.6. The van der Waals surface area contributed by atoms with Gasteiger partial charge in [-0.15, -0.1) is 11.6 Å². The molecule has 0 saturated carbocycles. The molecule has 1 rings (SSSR count). The van der Waals surface area contributed by atoms with Crippen LogP contribution in [0.5, 0.6) is 0 Å². The number of amides is 1. The van der Waals surface area contributed by atoms with Gasteiger partial charge in [-0.3, -0.25) is 4.79 Å². The monoisotopic (exact) mass is 255 g/mol. The summed E-state index contributed by atoms with van der Waals surface area (Å²) in [5.41, 5.74) is 0. The second kappa shape index (κ2) is 5.27. The summed E-state index contributed by atoms with van der Waals surface area (Å²) in [6, 6.07) is -0.566. The lowest BCUT2D eigenvalue weighted by Gasteiger charge is -2.24. The average molecular weight is 256 g/mol. The van der Waals surface area contributed by atoms with E-state index < -0.39 is 29.8 Å². The third kappa shape index (κ3) is 3.28. The summed E-state index contributed by atoms with van der Waals surface area (Å²) in [6.45, 7) is 3.30. The summed E-state index contributed by atoms with van der Waals surface area (Å²) in [4.78, 5) is 12.7. The van der Waals surface area contributed by atoms with Gasteiger partial charge in [0.25, 0.3) is 5.92 Å². The van der Waals surface area contributed by atoms with E-state index in [0.717, 1.165) is 4.90 Å². The van der Waals surface area contributed by atoms with Gasteiger partial charge in [0.1, 0.15) is 5.38 Å². The Kier molecular flexibility index (Phi) is 4.50. The van der Waals surface area contributed by atoms with Gasteiger partial charge in [-0.05, 0) is 13.8 Å². The molecule has 0 aromatic rings. The fourth-order valence-corrected chi connectivity index (χ4v) is 1.91. The minimum Gasteiger partial charge on any atom is -0.380 e. The standard InChI is InChI=1S/C10H16ClF2NO2/c1-3-16-5-8-4-10(12,13)6-14(8)9(15)7(2)11/h7-8H,3-6H2,1-2H3/t7-,8+/m0/s1. The van der Waals surface area contributed by atoms with Crippen LogP contribution in [-0.2, 0) is 9.53 Å². The molecule has 0 aromatic carbocycles. The van der Waals surface area contributed by atoms with Crippen molar-refractivity contribution < 1.29 is 18.3 Å². The summed E-state index contributed by atoms with van der Waals surface area (Å²) in [7, 11) is 0. The number of likely N-dealkylation sites (tertiary alicyclic amines) is 1. The zero-order valence-electron chi connectivity index (χ0n) is 9.38. The molecule has 0 radical (unpaired) electrons. The van der Waals surface area contributed by atoms with Crippen molar-refractivity contribution in [3.8, 4) is 0 Å². The number of carbonyl (C=O) groups excluding carboxylic acids is 1. The fourth-order valence-electron chi connectivity index (χ4n) is 1.79. The van der Waals surface area contributed by atoms with Crippen LogP contribution in [-0.4, -0.2) is 47.9 Å². The molecule has 1 saturated heterocycles. The first-order chi connectivity index (χ1) is 7.37. The lowest BCUT2D eigenvalue weighted by molar-refractivity contribution is -0.133. The van der Waals surface area contributed by atoms with Crippen LogP contribution in [0.4, 0.5) is 8.78 Å². The third-order valence-corrected chi connectivity index (χ3v) is 2.70. The van der Waals surface area contributed by atoms with Crippen molar-refractivity contribution in [2.45, 2.75) is 37.6 Å². The van der Waals surface area contributed by atoms with Crippen LogP contribution >= 0.6 is 11.6 Å². The van der Waals surface area contributed by atoms with Crippen LogP contribution in [0.3, 0.4) is 0 Å². The summed E-state index contributed by atoms with van der Waals surface area (Å²) in [5, 5.41) is -0.780. The topological polar surface area (TPSA) is 29.5 Å². The Labute approximate surface area is 98.7 Å². The molecule has 1 aliphatic rings. The molecule has 0 spiro atoms. The Bertz CT molecular complexity index is 261. The maximum Gasteiger partial charge on any atom is 0.267 e. The highest BCUT2D eigenvalue weighted by Crippen LogP contribution is 2.32. The van der Waals surface area contributed by atoms with Crippen LogP contribution in [0.15, 0.2) is 0 Å². The molecule has 16 heavy (non-hydrogen) atoms. The molecular weight excluding hydrogens is 240 g/mol. The van der Waals surface area contributed by atoms with Gasteiger partial charge in [0.05, 0.1) is 19.2 Å². The van der Waals surface area contributed by atoms with Crippen LogP contribution in [0.2, 0.25) is 0 Å². The second-order valence-corrected chi connectivity index (χ2v) is 4.61. The van der Waals surface area contributed by atoms with Crippen LogP contribution < -0.4 is 0 Å². The molecule has 0 N–H and O–H groups in total. The second-order valence-electron chi connectivity index (χ2n) is 3.96. The highest BCUT2D eigenvalue weighted by Gasteiger charge is 2.47. The smallest absolute Gasteiger partial charge is 0.267 e. The summed E-state index contributed by atoms with van der Waals surface area (Å²) >= 11 is 5.62. The number of carbonyl (C=O) groups is 1.